The molecule has 1 rings (SSSR count). The van der Waals surface area contributed by atoms with Crippen LogP contribution >= 0.6 is 0 Å². The van der Waals surface area contributed by atoms with E-state index in [9.17, 15) is 4.79 Å². The maximum atomic E-state index is 11.8. The van der Waals surface area contributed by atoms with E-state index in [0.29, 0.717) is 12.0 Å². The Morgan fingerprint density at radius 3 is 2.88 bits per heavy atom. The molecule has 1 aromatic carbocycles. The fourth-order valence-corrected chi connectivity index (χ4v) is 1.65. The number of carbonyl (C=O) groups is 1. The minimum Gasteiger partial charge on any atom is -0.392 e. The van der Waals surface area contributed by atoms with Gasteiger partial charge in [0, 0.05) is 5.56 Å². The summed E-state index contributed by atoms with van der Waals surface area (Å²) in [5.41, 5.74) is 4.75. The smallest absolute Gasteiger partial charge is 0.275 e. The Balaban J connectivity index is 2.99. The molecule has 4 heteroatoms. The van der Waals surface area contributed by atoms with Crippen LogP contribution in [0.3, 0.4) is 0 Å². The van der Waals surface area contributed by atoms with Crippen molar-refractivity contribution in [3.05, 3.63) is 47.0 Å². The highest BCUT2D eigenvalue weighted by atomic mass is 16.6. The van der Waals surface area contributed by atoms with E-state index >= 15 is 0 Å². The van der Waals surface area contributed by atoms with Crippen LogP contribution in [0.4, 0.5) is 0 Å². The lowest BCUT2D eigenvalue weighted by Gasteiger charge is -2.10. The molecule has 0 fully saturated rings. The number of hydroxylamine groups is 1. The highest BCUT2D eigenvalue weighted by Gasteiger charge is 2.12. The third-order valence-electron chi connectivity index (χ3n) is 2.39. The zero-order chi connectivity index (χ0) is 12.7. The molecule has 0 aliphatic rings. The van der Waals surface area contributed by atoms with Gasteiger partial charge in [-0.25, -0.2) is 5.48 Å². The fraction of sp³-hybridized carbons (Fsp3) is 0.308. The fourth-order valence-electron chi connectivity index (χ4n) is 1.65. The molecular formula is C13H17NO3. The Bertz CT molecular complexity index is 413. The van der Waals surface area contributed by atoms with Crippen molar-refractivity contribution in [2.24, 2.45) is 0 Å². The van der Waals surface area contributed by atoms with Crippen molar-refractivity contribution < 1.29 is 14.7 Å². The zero-order valence-electron chi connectivity index (χ0n) is 10.1. The molecule has 0 saturated heterocycles. The van der Waals surface area contributed by atoms with E-state index in [1.54, 1.807) is 6.08 Å². The second-order valence-electron chi connectivity index (χ2n) is 3.60. The maximum absolute atomic E-state index is 11.8. The average molecular weight is 235 g/mol. The summed E-state index contributed by atoms with van der Waals surface area (Å²) in [6.45, 7) is 1.88. The number of rotatable bonds is 5. The SMILES string of the molecule is CONC(=O)c1c(C)cccc1CC=CCO. The standard InChI is InChI=1S/C13H17NO3/c1-10-6-5-8-11(7-3-4-9-15)12(10)13(16)14-17-2/h3-6,8,15H,7,9H2,1-2H3,(H,14,16). The van der Waals surface area contributed by atoms with E-state index in [1.807, 2.05) is 31.2 Å². The first-order valence-corrected chi connectivity index (χ1v) is 5.38. The lowest BCUT2D eigenvalue weighted by atomic mass is 9.99. The first-order chi connectivity index (χ1) is 8.20. The van der Waals surface area contributed by atoms with Crippen molar-refractivity contribution in [3.8, 4) is 0 Å². The third-order valence-corrected chi connectivity index (χ3v) is 2.39. The Labute approximate surface area is 101 Å². The van der Waals surface area contributed by atoms with E-state index < -0.39 is 0 Å². The van der Waals surface area contributed by atoms with Crippen LogP contribution in [0, 0.1) is 6.92 Å². The number of benzene rings is 1. The van der Waals surface area contributed by atoms with Crippen molar-refractivity contribution >= 4 is 5.91 Å². The molecule has 17 heavy (non-hydrogen) atoms. The predicted molar refractivity (Wildman–Crippen MR) is 65.6 cm³/mol. The molecule has 92 valence electrons. The molecule has 2 N–H and O–H groups in total. The minimum absolute atomic E-state index is 0.00537. The topological polar surface area (TPSA) is 58.6 Å². The molecule has 0 aliphatic carbocycles. The highest BCUT2D eigenvalue weighted by Crippen LogP contribution is 2.15. The number of amides is 1. The summed E-state index contributed by atoms with van der Waals surface area (Å²) < 4.78 is 0. The maximum Gasteiger partial charge on any atom is 0.275 e. The Morgan fingerprint density at radius 2 is 2.24 bits per heavy atom. The van der Waals surface area contributed by atoms with Gasteiger partial charge in [0.25, 0.3) is 5.91 Å². The molecule has 1 aromatic rings. The van der Waals surface area contributed by atoms with Crippen LogP contribution in [0.25, 0.3) is 0 Å². The van der Waals surface area contributed by atoms with Crippen LogP contribution in [0.2, 0.25) is 0 Å². The van der Waals surface area contributed by atoms with E-state index in [4.69, 9.17) is 5.11 Å². The highest BCUT2D eigenvalue weighted by molar-refractivity contribution is 5.96. The molecule has 1 amide bonds. The van der Waals surface area contributed by atoms with Gasteiger partial charge in [0.05, 0.1) is 13.7 Å². The number of aliphatic hydroxyl groups excluding tert-OH is 1. The minimum atomic E-state index is -0.252. The molecule has 0 atom stereocenters. The molecule has 0 radical (unpaired) electrons. The Kier molecular flexibility index (Phi) is 5.39. The lowest BCUT2D eigenvalue weighted by Crippen LogP contribution is -2.24. The number of carbonyl (C=O) groups excluding carboxylic acids is 1. The molecule has 0 bridgehead atoms. The number of hydrogen-bond donors (Lipinski definition) is 2. The van der Waals surface area contributed by atoms with Crippen molar-refractivity contribution in [2.75, 3.05) is 13.7 Å². The Hall–Kier alpha value is -1.65. The molecule has 0 aliphatic heterocycles. The Morgan fingerprint density at radius 1 is 1.47 bits per heavy atom. The average Bonchev–Trinajstić information content (AvgIpc) is 2.29. The summed E-state index contributed by atoms with van der Waals surface area (Å²) >= 11 is 0. The van der Waals surface area contributed by atoms with Crippen molar-refractivity contribution in [3.63, 3.8) is 0 Å². The first-order valence-electron chi connectivity index (χ1n) is 5.38. The first kappa shape index (κ1) is 13.4. The largest absolute Gasteiger partial charge is 0.392 e. The van der Waals surface area contributed by atoms with Crippen molar-refractivity contribution in [2.45, 2.75) is 13.3 Å². The third kappa shape index (κ3) is 3.69. The molecule has 0 unspecified atom stereocenters. The van der Waals surface area contributed by atoms with Crippen LogP contribution in [0.15, 0.2) is 30.4 Å². The van der Waals surface area contributed by atoms with Crippen molar-refractivity contribution in [1.29, 1.82) is 0 Å². The van der Waals surface area contributed by atoms with Gasteiger partial charge in [-0.05, 0) is 24.5 Å². The number of aryl methyl sites for hydroxylation is 1. The van der Waals surface area contributed by atoms with E-state index in [2.05, 4.69) is 10.3 Å². The summed E-state index contributed by atoms with van der Waals surface area (Å²) in [6, 6.07) is 5.67. The van der Waals surface area contributed by atoms with Gasteiger partial charge < -0.3 is 5.11 Å². The molecule has 0 saturated carbocycles. The molecule has 0 aromatic heterocycles. The van der Waals surface area contributed by atoms with Gasteiger partial charge >= 0.3 is 0 Å². The predicted octanol–water partition coefficient (Wildman–Crippen LogP) is 1.38. The van der Waals surface area contributed by atoms with Gasteiger partial charge in [-0.15, -0.1) is 0 Å². The van der Waals surface area contributed by atoms with E-state index in [0.717, 1.165) is 11.1 Å². The molecule has 0 spiro atoms. The monoisotopic (exact) mass is 235 g/mol. The van der Waals surface area contributed by atoms with Crippen molar-refractivity contribution in [1.82, 2.24) is 5.48 Å². The van der Waals surface area contributed by atoms with E-state index in [1.165, 1.54) is 7.11 Å². The van der Waals surface area contributed by atoms with Crippen LogP contribution < -0.4 is 5.48 Å². The van der Waals surface area contributed by atoms with Crippen LogP contribution in [0.5, 0.6) is 0 Å². The summed E-state index contributed by atoms with van der Waals surface area (Å²) in [5, 5.41) is 8.68. The molecule has 4 nitrogen and oxygen atoms in total. The van der Waals surface area contributed by atoms with Crippen LogP contribution in [0.1, 0.15) is 21.5 Å². The quantitative estimate of drug-likeness (QED) is 0.598. The molecular weight excluding hydrogens is 218 g/mol. The normalized spacial score (nSPS) is 10.8. The van der Waals surface area contributed by atoms with Crippen LogP contribution in [-0.2, 0) is 11.3 Å². The number of aliphatic hydroxyl groups is 1. The van der Waals surface area contributed by atoms with Gasteiger partial charge in [0.2, 0.25) is 0 Å². The van der Waals surface area contributed by atoms with Gasteiger partial charge in [-0.2, -0.15) is 0 Å². The van der Waals surface area contributed by atoms with Gasteiger partial charge in [-0.3, -0.25) is 9.63 Å². The summed E-state index contributed by atoms with van der Waals surface area (Å²) in [4.78, 5) is 16.4. The zero-order valence-corrected chi connectivity index (χ0v) is 10.1. The van der Waals surface area contributed by atoms with Gasteiger partial charge in [0.1, 0.15) is 0 Å². The number of nitrogens with one attached hydrogen (secondary N) is 1. The number of hydrogen-bond acceptors (Lipinski definition) is 3. The van der Waals surface area contributed by atoms with Gasteiger partial charge in [-0.1, -0.05) is 30.4 Å². The summed E-state index contributed by atoms with van der Waals surface area (Å²) in [5.74, 6) is -0.252. The lowest BCUT2D eigenvalue weighted by molar-refractivity contribution is 0.0536. The van der Waals surface area contributed by atoms with Gasteiger partial charge in [0.15, 0.2) is 0 Å². The second kappa shape index (κ2) is 6.83. The van der Waals surface area contributed by atoms with E-state index in [-0.39, 0.29) is 12.5 Å². The summed E-state index contributed by atoms with van der Waals surface area (Å²) in [7, 11) is 1.40. The molecule has 0 heterocycles. The second-order valence-corrected chi connectivity index (χ2v) is 3.60. The number of allylic oxidation sites excluding steroid dienone is 1. The van der Waals surface area contributed by atoms with Crippen LogP contribution in [-0.4, -0.2) is 24.7 Å². The summed E-state index contributed by atoms with van der Waals surface area (Å²) in [6.07, 6.45) is 4.09.